The zero-order valence-electron chi connectivity index (χ0n) is 10.9. The van der Waals surface area contributed by atoms with Crippen molar-refractivity contribution in [3.05, 3.63) is 22.7 Å². The van der Waals surface area contributed by atoms with Gasteiger partial charge in [-0.25, -0.2) is 4.79 Å². The summed E-state index contributed by atoms with van der Waals surface area (Å²) in [5.41, 5.74) is 0.551. The van der Waals surface area contributed by atoms with Crippen LogP contribution in [0.4, 0.5) is 10.6 Å². The zero-order valence-corrected chi connectivity index (χ0v) is 12.5. The Labute approximate surface area is 128 Å². The molecule has 8 heteroatoms. The van der Waals surface area contributed by atoms with Gasteiger partial charge in [0.1, 0.15) is 6.04 Å². The summed E-state index contributed by atoms with van der Waals surface area (Å²) < 4.78 is 5.96. The molecule has 2 amide bonds. The molecule has 2 N–H and O–H groups in total. The first kappa shape index (κ1) is 13.9. The van der Waals surface area contributed by atoms with Crippen molar-refractivity contribution in [3.8, 4) is 0 Å². The number of carbonyl (C=O) groups is 2. The number of hydrogen-bond donors (Lipinski definition) is 2. The van der Waals surface area contributed by atoms with E-state index in [1.165, 1.54) is 0 Å². The Balaban J connectivity index is 1.83. The Bertz CT molecular complexity index is 715. The Morgan fingerprint density at radius 2 is 2.29 bits per heavy atom. The number of halogens is 1. The number of nitrogens with one attached hydrogen (secondary N) is 1. The highest BCUT2D eigenvalue weighted by Crippen LogP contribution is 2.27. The van der Waals surface area contributed by atoms with Crippen LogP contribution in [0.15, 0.2) is 27.2 Å². The lowest BCUT2D eigenvalue weighted by atomic mass is 10.2. The SMILES string of the molecule is O=C(Nc1noc2ccc(Br)cc12)C1CCCN1C(=O)O. The summed E-state index contributed by atoms with van der Waals surface area (Å²) in [6.07, 6.45) is 0.105. The third kappa shape index (κ3) is 2.58. The van der Waals surface area contributed by atoms with Crippen LogP contribution in [0.2, 0.25) is 0 Å². The van der Waals surface area contributed by atoms with E-state index < -0.39 is 12.1 Å². The molecule has 1 saturated heterocycles. The van der Waals surface area contributed by atoms with Crippen LogP contribution in [0.1, 0.15) is 12.8 Å². The molecule has 0 aliphatic carbocycles. The van der Waals surface area contributed by atoms with E-state index in [2.05, 4.69) is 26.4 Å². The lowest BCUT2D eigenvalue weighted by molar-refractivity contribution is -0.119. The fourth-order valence-electron chi connectivity index (χ4n) is 2.47. The van der Waals surface area contributed by atoms with Gasteiger partial charge < -0.3 is 14.9 Å². The molecule has 0 bridgehead atoms. The smallest absolute Gasteiger partial charge is 0.407 e. The summed E-state index contributed by atoms with van der Waals surface area (Å²) in [5, 5.41) is 16.2. The van der Waals surface area contributed by atoms with Crippen molar-refractivity contribution in [3.63, 3.8) is 0 Å². The first-order valence-corrected chi connectivity index (χ1v) is 7.21. The molecular formula is C13H12BrN3O4. The fraction of sp³-hybridized carbons (Fsp3) is 0.308. The minimum absolute atomic E-state index is 0.300. The van der Waals surface area contributed by atoms with Crippen molar-refractivity contribution in [2.24, 2.45) is 0 Å². The number of hydrogen-bond acceptors (Lipinski definition) is 4. The molecule has 1 aliphatic heterocycles. The highest BCUT2D eigenvalue weighted by atomic mass is 79.9. The van der Waals surface area contributed by atoms with Gasteiger partial charge in [0.15, 0.2) is 11.4 Å². The van der Waals surface area contributed by atoms with E-state index in [1.54, 1.807) is 12.1 Å². The molecular weight excluding hydrogens is 342 g/mol. The number of nitrogens with zero attached hydrogens (tertiary/aromatic N) is 2. The second-order valence-corrected chi connectivity index (χ2v) is 5.71. The maximum absolute atomic E-state index is 12.2. The van der Waals surface area contributed by atoms with E-state index in [1.807, 2.05) is 6.07 Å². The summed E-state index contributed by atoms with van der Waals surface area (Å²) in [6, 6.07) is 4.65. The molecule has 1 aromatic heterocycles. The van der Waals surface area contributed by atoms with Crippen LogP contribution in [0.5, 0.6) is 0 Å². The predicted octanol–water partition coefficient (Wildman–Crippen LogP) is 2.67. The molecule has 1 aliphatic rings. The number of amides is 2. The van der Waals surface area contributed by atoms with E-state index in [9.17, 15) is 9.59 Å². The fourth-order valence-corrected chi connectivity index (χ4v) is 2.83. The van der Waals surface area contributed by atoms with E-state index in [-0.39, 0.29) is 5.91 Å². The quantitative estimate of drug-likeness (QED) is 0.865. The van der Waals surface area contributed by atoms with Gasteiger partial charge in [0, 0.05) is 11.0 Å². The van der Waals surface area contributed by atoms with Crippen molar-refractivity contribution in [1.29, 1.82) is 0 Å². The molecule has 2 heterocycles. The topological polar surface area (TPSA) is 95.7 Å². The van der Waals surface area contributed by atoms with Crippen molar-refractivity contribution >= 4 is 44.7 Å². The van der Waals surface area contributed by atoms with Crippen LogP contribution in [0, 0.1) is 0 Å². The van der Waals surface area contributed by atoms with E-state index >= 15 is 0 Å². The summed E-state index contributed by atoms with van der Waals surface area (Å²) >= 11 is 3.34. The lowest BCUT2D eigenvalue weighted by Crippen LogP contribution is -2.42. The highest BCUT2D eigenvalue weighted by Gasteiger charge is 2.34. The number of aromatic nitrogens is 1. The van der Waals surface area contributed by atoms with Gasteiger partial charge in [-0.05, 0) is 31.0 Å². The molecule has 1 unspecified atom stereocenters. The van der Waals surface area contributed by atoms with Gasteiger partial charge >= 0.3 is 6.09 Å². The molecule has 1 aromatic carbocycles. The van der Waals surface area contributed by atoms with Crippen LogP contribution < -0.4 is 5.32 Å². The number of anilines is 1. The van der Waals surface area contributed by atoms with E-state index in [4.69, 9.17) is 9.63 Å². The van der Waals surface area contributed by atoms with Crippen molar-refractivity contribution in [1.82, 2.24) is 10.1 Å². The van der Waals surface area contributed by atoms with Crippen LogP contribution in [-0.4, -0.2) is 39.8 Å². The number of benzene rings is 1. The number of carboxylic acid groups (broad SMARTS) is 1. The minimum Gasteiger partial charge on any atom is -0.465 e. The number of likely N-dealkylation sites (tertiary alicyclic amines) is 1. The Hall–Kier alpha value is -2.09. The molecule has 110 valence electrons. The second-order valence-electron chi connectivity index (χ2n) is 4.79. The Morgan fingerprint density at radius 3 is 3.05 bits per heavy atom. The van der Waals surface area contributed by atoms with Gasteiger partial charge in [-0.1, -0.05) is 21.1 Å². The number of fused-ring (bicyclic) bond motifs is 1. The minimum atomic E-state index is -1.08. The zero-order chi connectivity index (χ0) is 15.0. The summed E-state index contributed by atoms with van der Waals surface area (Å²) in [4.78, 5) is 24.5. The number of carbonyl (C=O) groups excluding carboxylic acids is 1. The Kier molecular flexibility index (Phi) is 3.54. The molecule has 0 radical (unpaired) electrons. The van der Waals surface area contributed by atoms with Crippen LogP contribution in [0.3, 0.4) is 0 Å². The average molecular weight is 354 g/mol. The predicted molar refractivity (Wildman–Crippen MR) is 78.1 cm³/mol. The second kappa shape index (κ2) is 5.36. The normalized spacial score (nSPS) is 18.1. The highest BCUT2D eigenvalue weighted by molar-refractivity contribution is 9.10. The molecule has 0 spiro atoms. The average Bonchev–Trinajstić information content (AvgIpc) is 3.06. The van der Waals surface area contributed by atoms with Crippen LogP contribution >= 0.6 is 15.9 Å². The maximum atomic E-state index is 12.2. The standard InChI is InChI=1S/C13H12BrN3O4/c14-7-3-4-10-8(6-7)11(16-21-10)15-12(18)9-2-1-5-17(9)13(19)20/h3-4,6,9H,1-2,5H2,(H,19,20)(H,15,16,18). The summed E-state index contributed by atoms with van der Waals surface area (Å²) in [5.74, 6) is -0.0846. The molecule has 1 fully saturated rings. The molecule has 7 nitrogen and oxygen atoms in total. The Morgan fingerprint density at radius 1 is 1.48 bits per heavy atom. The largest absolute Gasteiger partial charge is 0.465 e. The molecule has 3 rings (SSSR count). The van der Waals surface area contributed by atoms with Crippen molar-refractivity contribution < 1.29 is 19.2 Å². The lowest BCUT2D eigenvalue weighted by Gasteiger charge is -2.19. The third-order valence-electron chi connectivity index (χ3n) is 3.47. The molecule has 0 saturated carbocycles. The first-order chi connectivity index (χ1) is 10.1. The van der Waals surface area contributed by atoms with E-state index in [0.29, 0.717) is 36.2 Å². The van der Waals surface area contributed by atoms with E-state index in [0.717, 1.165) is 9.37 Å². The van der Waals surface area contributed by atoms with Gasteiger partial charge in [0.2, 0.25) is 5.91 Å². The number of rotatable bonds is 2. The molecule has 2 aromatic rings. The van der Waals surface area contributed by atoms with Gasteiger partial charge in [-0.2, -0.15) is 0 Å². The van der Waals surface area contributed by atoms with Crippen molar-refractivity contribution in [2.75, 3.05) is 11.9 Å². The van der Waals surface area contributed by atoms with Crippen molar-refractivity contribution in [2.45, 2.75) is 18.9 Å². The van der Waals surface area contributed by atoms with Gasteiger partial charge in [0.25, 0.3) is 0 Å². The maximum Gasteiger partial charge on any atom is 0.407 e. The van der Waals surface area contributed by atoms with Crippen LogP contribution in [-0.2, 0) is 4.79 Å². The monoisotopic (exact) mass is 353 g/mol. The third-order valence-corrected chi connectivity index (χ3v) is 3.97. The first-order valence-electron chi connectivity index (χ1n) is 6.41. The summed E-state index contributed by atoms with van der Waals surface area (Å²) in [6.45, 7) is 0.374. The molecule has 21 heavy (non-hydrogen) atoms. The van der Waals surface area contributed by atoms with Gasteiger partial charge in [-0.3, -0.25) is 9.69 Å². The van der Waals surface area contributed by atoms with Crippen LogP contribution in [0.25, 0.3) is 11.0 Å². The summed E-state index contributed by atoms with van der Waals surface area (Å²) in [7, 11) is 0. The van der Waals surface area contributed by atoms with Gasteiger partial charge in [-0.15, -0.1) is 0 Å². The molecule has 1 atom stereocenters. The van der Waals surface area contributed by atoms with Gasteiger partial charge in [0.05, 0.1) is 5.39 Å².